The van der Waals surface area contributed by atoms with E-state index in [0.29, 0.717) is 5.56 Å². The zero-order valence-corrected chi connectivity index (χ0v) is 9.88. The number of rotatable bonds is 5. The van der Waals surface area contributed by atoms with Crippen molar-refractivity contribution in [1.82, 2.24) is 0 Å². The second-order valence-corrected chi connectivity index (χ2v) is 3.94. The monoisotopic (exact) mass is 282 g/mol. The molecule has 0 saturated heterocycles. The van der Waals surface area contributed by atoms with Crippen LogP contribution in [0.3, 0.4) is 0 Å². The summed E-state index contributed by atoms with van der Waals surface area (Å²) in [6.45, 7) is -0.546. The Morgan fingerprint density at radius 2 is 2.06 bits per heavy atom. The minimum Gasteiger partial charge on any atom is -0.478 e. The summed E-state index contributed by atoms with van der Waals surface area (Å²) in [5.74, 6) is -1.12. The highest BCUT2D eigenvalue weighted by Crippen LogP contribution is 2.21. The number of carbonyl (C=O) groups is 1. The van der Waals surface area contributed by atoms with E-state index in [2.05, 4.69) is 0 Å². The van der Waals surface area contributed by atoms with Crippen LogP contribution in [0.2, 0.25) is 5.02 Å². The lowest BCUT2D eigenvalue weighted by Crippen LogP contribution is -2.11. The first kappa shape index (κ1) is 14.8. The van der Waals surface area contributed by atoms with Crippen molar-refractivity contribution in [3.63, 3.8) is 0 Å². The van der Waals surface area contributed by atoms with Crippen LogP contribution in [0.4, 0.5) is 13.2 Å². The Bertz CT molecular complexity index is 432. The molecule has 1 N–H and O–H groups in total. The van der Waals surface area contributed by atoms with E-state index < -0.39 is 25.2 Å². The molecule has 1 aromatic rings. The highest BCUT2D eigenvalue weighted by atomic mass is 35.5. The number of halogens is 4. The van der Waals surface area contributed by atoms with E-state index in [1.54, 1.807) is 0 Å². The van der Waals surface area contributed by atoms with Crippen LogP contribution in [0.1, 0.15) is 22.3 Å². The SMILES string of the molecule is O=C(O)c1ccc(COCCC(F)(F)F)c(Cl)c1. The van der Waals surface area contributed by atoms with Gasteiger partial charge in [-0.05, 0) is 17.7 Å². The van der Waals surface area contributed by atoms with Crippen molar-refractivity contribution in [2.75, 3.05) is 6.61 Å². The Morgan fingerprint density at radius 1 is 1.39 bits per heavy atom. The summed E-state index contributed by atoms with van der Waals surface area (Å²) in [4.78, 5) is 10.6. The van der Waals surface area contributed by atoms with Gasteiger partial charge >= 0.3 is 12.1 Å². The predicted octanol–water partition coefficient (Wildman–Crippen LogP) is 3.51. The minimum atomic E-state index is -4.25. The third-order valence-corrected chi connectivity index (χ3v) is 2.44. The second-order valence-electron chi connectivity index (χ2n) is 3.53. The van der Waals surface area contributed by atoms with Crippen LogP contribution in [-0.4, -0.2) is 23.9 Å². The van der Waals surface area contributed by atoms with Gasteiger partial charge in [0.15, 0.2) is 0 Å². The molecule has 0 bridgehead atoms. The van der Waals surface area contributed by atoms with Gasteiger partial charge in [0, 0.05) is 5.02 Å². The zero-order valence-electron chi connectivity index (χ0n) is 9.13. The van der Waals surface area contributed by atoms with Crippen LogP contribution < -0.4 is 0 Å². The standard InChI is InChI=1S/C11H10ClF3O3/c12-9-5-7(10(16)17)1-2-8(9)6-18-4-3-11(13,14)15/h1-2,5H,3-4,6H2,(H,16,17). The van der Waals surface area contributed by atoms with Gasteiger partial charge in [-0.3, -0.25) is 0 Å². The molecule has 0 atom stereocenters. The molecule has 0 aliphatic heterocycles. The molecule has 0 radical (unpaired) electrons. The van der Waals surface area contributed by atoms with Crippen LogP contribution >= 0.6 is 11.6 Å². The lowest BCUT2D eigenvalue weighted by atomic mass is 10.1. The van der Waals surface area contributed by atoms with Crippen LogP contribution in [0.5, 0.6) is 0 Å². The Balaban J connectivity index is 2.51. The Labute approximate surface area is 106 Å². The van der Waals surface area contributed by atoms with Gasteiger partial charge in [0.05, 0.1) is 25.2 Å². The lowest BCUT2D eigenvalue weighted by molar-refractivity contribution is -0.146. The average Bonchev–Trinajstić information content (AvgIpc) is 2.24. The molecule has 0 aliphatic rings. The molecule has 100 valence electrons. The van der Waals surface area contributed by atoms with Gasteiger partial charge in [-0.25, -0.2) is 4.79 Å². The first-order chi connectivity index (χ1) is 8.29. The number of hydrogen-bond donors (Lipinski definition) is 1. The normalized spacial score (nSPS) is 11.6. The summed E-state index contributed by atoms with van der Waals surface area (Å²) in [6, 6.07) is 3.96. The molecule has 0 unspecified atom stereocenters. The summed E-state index contributed by atoms with van der Waals surface area (Å²) in [7, 11) is 0. The van der Waals surface area contributed by atoms with Crippen molar-refractivity contribution in [3.05, 3.63) is 34.3 Å². The lowest BCUT2D eigenvalue weighted by Gasteiger charge is -2.08. The molecule has 0 fully saturated rings. The molecule has 18 heavy (non-hydrogen) atoms. The van der Waals surface area contributed by atoms with E-state index >= 15 is 0 Å². The summed E-state index contributed by atoms with van der Waals surface area (Å²) < 4.78 is 40.3. The summed E-state index contributed by atoms with van der Waals surface area (Å²) in [5.41, 5.74) is 0.461. The molecular weight excluding hydrogens is 273 g/mol. The molecule has 0 amide bonds. The average molecular weight is 283 g/mol. The van der Waals surface area contributed by atoms with Crippen molar-refractivity contribution in [2.24, 2.45) is 0 Å². The largest absolute Gasteiger partial charge is 0.478 e. The zero-order chi connectivity index (χ0) is 13.8. The van der Waals surface area contributed by atoms with Crippen molar-refractivity contribution in [1.29, 1.82) is 0 Å². The molecule has 0 aromatic heterocycles. The molecule has 0 heterocycles. The quantitative estimate of drug-likeness (QED) is 0.841. The Morgan fingerprint density at radius 3 is 2.56 bits per heavy atom. The number of carboxylic acid groups (broad SMARTS) is 1. The molecule has 0 spiro atoms. The number of carboxylic acids is 1. The molecule has 0 aliphatic carbocycles. The smallest absolute Gasteiger partial charge is 0.391 e. The topological polar surface area (TPSA) is 46.5 Å². The van der Waals surface area contributed by atoms with Crippen LogP contribution in [0.25, 0.3) is 0 Å². The molecule has 1 rings (SSSR count). The molecule has 1 aromatic carbocycles. The van der Waals surface area contributed by atoms with Crippen LogP contribution in [-0.2, 0) is 11.3 Å². The van der Waals surface area contributed by atoms with E-state index in [0.717, 1.165) is 0 Å². The number of benzene rings is 1. The fourth-order valence-corrected chi connectivity index (χ4v) is 1.40. The summed E-state index contributed by atoms with van der Waals surface area (Å²) in [5, 5.41) is 8.84. The molecule has 7 heteroatoms. The summed E-state index contributed by atoms with van der Waals surface area (Å²) >= 11 is 5.78. The maximum Gasteiger partial charge on any atom is 0.391 e. The van der Waals surface area contributed by atoms with Crippen molar-refractivity contribution in [3.8, 4) is 0 Å². The maximum atomic E-state index is 11.8. The summed E-state index contributed by atoms with van der Waals surface area (Å²) in [6.07, 6.45) is -5.28. The van der Waals surface area contributed by atoms with Gasteiger partial charge < -0.3 is 9.84 Å². The second kappa shape index (κ2) is 6.06. The molecule has 3 nitrogen and oxygen atoms in total. The van der Waals surface area contributed by atoms with E-state index in [1.807, 2.05) is 0 Å². The van der Waals surface area contributed by atoms with E-state index in [9.17, 15) is 18.0 Å². The molecule has 0 saturated carbocycles. The van der Waals surface area contributed by atoms with Gasteiger partial charge in [0.1, 0.15) is 0 Å². The third-order valence-electron chi connectivity index (χ3n) is 2.09. The van der Waals surface area contributed by atoms with Gasteiger partial charge in [-0.15, -0.1) is 0 Å². The van der Waals surface area contributed by atoms with Gasteiger partial charge in [0.25, 0.3) is 0 Å². The molecular formula is C11H10ClF3O3. The van der Waals surface area contributed by atoms with Crippen LogP contribution in [0, 0.1) is 0 Å². The van der Waals surface area contributed by atoms with E-state index in [-0.39, 0.29) is 17.2 Å². The third kappa shape index (κ3) is 4.93. The van der Waals surface area contributed by atoms with E-state index in [1.165, 1.54) is 18.2 Å². The number of aromatic carboxylic acids is 1. The number of alkyl halides is 3. The highest BCUT2D eigenvalue weighted by Gasteiger charge is 2.26. The van der Waals surface area contributed by atoms with Gasteiger partial charge in [0.2, 0.25) is 0 Å². The maximum absolute atomic E-state index is 11.8. The predicted molar refractivity (Wildman–Crippen MR) is 58.7 cm³/mol. The van der Waals surface area contributed by atoms with Crippen molar-refractivity contribution < 1.29 is 27.8 Å². The highest BCUT2D eigenvalue weighted by molar-refractivity contribution is 6.31. The Hall–Kier alpha value is -1.27. The first-order valence-corrected chi connectivity index (χ1v) is 5.33. The van der Waals surface area contributed by atoms with E-state index in [4.69, 9.17) is 21.4 Å². The van der Waals surface area contributed by atoms with Crippen molar-refractivity contribution in [2.45, 2.75) is 19.2 Å². The van der Waals surface area contributed by atoms with Crippen LogP contribution in [0.15, 0.2) is 18.2 Å². The number of ether oxygens (including phenoxy) is 1. The first-order valence-electron chi connectivity index (χ1n) is 4.96. The van der Waals surface area contributed by atoms with Gasteiger partial charge in [-0.1, -0.05) is 17.7 Å². The van der Waals surface area contributed by atoms with Crippen molar-refractivity contribution >= 4 is 17.6 Å². The Kier molecular flexibility index (Phi) is 4.98. The minimum absolute atomic E-state index is 0.0130. The number of hydrogen-bond acceptors (Lipinski definition) is 2. The fourth-order valence-electron chi connectivity index (χ4n) is 1.17. The fraction of sp³-hybridized carbons (Fsp3) is 0.364. The van der Waals surface area contributed by atoms with Gasteiger partial charge in [-0.2, -0.15) is 13.2 Å².